The van der Waals surface area contributed by atoms with E-state index in [-0.39, 0.29) is 0 Å². The third-order valence-electron chi connectivity index (χ3n) is 3.22. The number of hydrogen-bond acceptors (Lipinski definition) is 3. The van der Waals surface area contributed by atoms with Gasteiger partial charge in [0, 0.05) is 30.9 Å². The van der Waals surface area contributed by atoms with Gasteiger partial charge in [-0.25, -0.2) is 8.42 Å². The van der Waals surface area contributed by atoms with Crippen LogP contribution >= 0.6 is 0 Å². The van der Waals surface area contributed by atoms with Gasteiger partial charge < -0.3 is 4.90 Å². The van der Waals surface area contributed by atoms with Crippen LogP contribution in [-0.4, -0.2) is 22.5 Å². The molecule has 0 aromatic heterocycles. The van der Waals surface area contributed by atoms with Gasteiger partial charge in [-0.05, 0) is 18.2 Å². The largest absolute Gasteiger partial charge is 0.377 e. The van der Waals surface area contributed by atoms with Gasteiger partial charge in [-0.2, -0.15) is 0 Å². The molecule has 92 valence electrons. The molecule has 0 amide bonds. The Hall–Kier alpha value is -1.81. The summed E-state index contributed by atoms with van der Waals surface area (Å²) in [6, 6.07) is 12.6. The van der Waals surface area contributed by atoms with E-state index < -0.39 is 9.84 Å². The van der Waals surface area contributed by atoms with Gasteiger partial charge in [-0.15, -0.1) is 0 Å². The first kappa shape index (κ1) is 11.3. The summed E-state index contributed by atoms with van der Waals surface area (Å²) in [6.07, 6.45) is 0. The summed E-state index contributed by atoms with van der Waals surface area (Å²) in [5.74, 6) is 0. The second-order valence-corrected chi connectivity index (χ2v) is 6.43. The van der Waals surface area contributed by atoms with Gasteiger partial charge in [0.1, 0.15) is 0 Å². The van der Waals surface area contributed by atoms with Crippen molar-refractivity contribution in [2.24, 2.45) is 0 Å². The van der Waals surface area contributed by atoms with E-state index >= 15 is 0 Å². The monoisotopic (exact) mass is 259 g/mol. The first-order valence-corrected chi connectivity index (χ1v) is 7.16. The molecule has 0 radical (unpaired) electrons. The number of nitrogens with zero attached hydrogens (tertiary/aromatic N) is 1. The summed E-state index contributed by atoms with van der Waals surface area (Å²) in [5.41, 5.74) is 2.55. The zero-order chi connectivity index (χ0) is 12.9. The Morgan fingerprint density at radius 1 is 0.889 bits per heavy atom. The van der Waals surface area contributed by atoms with E-state index in [2.05, 4.69) is 0 Å². The molecule has 0 N–H and O–H groups in total. The topological polar surface area (TPSA) is 37.4 Å². The second-order valence-electron chi connectivity index (χ2n) is 4.54. The van der Waals surface area contributed by atoms with Gasteiger partial charge in [-0.3, -0.25) is 0 Å². The van der Waals surface area contributed by atoms with Gasteiger partial charge in [0.25, 0.3) is 0 Å². The van der Waals surface area contributed by atoms with Gasteiger partial charge in [0.05, 0.1) is 9.79 Å². The van der Waals surface area contributed by atoms with Crippen LogP contribution in [0.25, 0.3) is 11.1 Å². The highest BCUT2D eigenvalue weighted by atomic mass is 32.2. The minimum absolute atomic E-state index is 0.411. The minimum Gasteiger partial charge on any atom is -0.377 e. The van der Waals surface area contributed by atoms with Crippen molar-refractivity contribution in [1.82, 2.24) is 0 Å². The number of hydrogen-bond donors (Lipinski definition) is 0. The molecule has 0 saturated heterocycles. The SMILES string of the molecule is CN(C)c1cccc2c1-c1ccccc1S2(=O)=O. The lowest BCUT2D eigenvalue weighted by atomic mass is 10.0. The van der Waals surface area contributed by atoms with Gasteiger partial charge in [-0.1, -0.05) is 24.3 Å². The summed E-state index contributed by atoms with van der Waals surface area (Å²) in [6.45, 7) is 0. The van der Waals surface area contributed by atoms with Crippen LogP contribution in [0.5, 0.6) is 0 Å². The van der Waals surface area contributed by atoms with Crippen molar-refractivity contribution in [2.45, 2.75) is 9.79 Å². The third-order valence-corrected chi connectivity index (χ3v) is 5.08. The third kappa shape index (κ3) is 1.32. The van der Waals surface area contributed by atoms with E-state index in [4.69, 9.17) is 0 Å². The van der Waals surface area contributed by atoms with Crippen molar-refractivity contribution >= 4 is 15.5 Å². The molecule has 1 aliphatic rings. The highest BCUT2D eigenvalue weighted by Gasteiger charge is 2.34. The molecule has 1 aliphatic heterocycles. The standard InChI is InChI=1S/C14H13NO2S/c1-15(2)11-7-5-9-13-14(11)10-6-3-4-8-12(10)18(13,16)17/h3-9H,1-2H3. The fourth-order valence-electron chi connectivity index (χ4n) is 2.41. The van der Waals surface area contributed by atoms with Crippen LogP contribution in [0, 0.1) is 0 Å². The van der Waals surface area contributed by atoms with Gasteiger partial charge >= 0.3 is 0 Å². The molecule has 0 aliphatic carbocycles. The molecule has 0 spiro atoms. The fourth-order valence-corrected chi connectivity index (χ4v) is 4.11. The zero-order valence-electron chi connectivity index (χ0n) is 10.2. The quantitative estimate of drug-likeness (QED) is 0.674. The molecular weight excluding hydrogens is 246 g/mol. The molecule has 3 rings (SSSR count). The molecule has 2 aromatic carbocycles. The Morgan fingerprint density at radius 2 is 1.56 bits per heavy atom. The molecular formula is C14H13NO2S. The molecule has 4 heteroatoms. The molecule has 1 heterocycles. The Morgan fingerprint density at radius 3 is 2.28 bits per heavy atom. The summed E-state index contributed by atoms with van der Waals surface area (Å²) in [5, 5.41) is 0. The van der Waals surface area contributed by atoms with Crippen LogP contribution in [0.15, 0.2) is 52.3 Å². The lowest BCUT2D eigenvalue weighted by Gasteiger charge is -2.16. The predicted molar refractivity (Wildman–Crippen MR) is 71.7 cm³/mol. The average molecular weight is 259 g/mol. The smallest absolute Gasteiger partial charge is 0.207 e. The van der Waals surface area contributed by atoms with E-state index in [1.54, 1.807) is 24.3 Å². The second kappa shape index (κ2) is 3.59. The Kier molecular flexibility index (Phi) is 2.25. The fraction of sp³-hybridized carbons (Fsp3) is 0.143. The maximum Gasteiger partial charge on any atom is 0.207 e. The summed E-state index contributed by atoms with van der Waals surface area (Å²) in [7, 11) is 0.492. The molecule has 0 bridgehead atoms. The molecule has 0 unspecified atom stereocenters. The maximum absolute atomic E-state index is 12.4. The number of anilines is 1. The normalized spacial score (nSPS) is 15.0. The van der Waals surface area contributed by atoms with E-state index in [0.717, 1.165) is 16.8 Å². The predicted octanol–water partition coefficient (Wildman–Crippen LogP) is 2.57. The van der Waals surface area contributed by atoms with Crippen molar-refractivity contribution < 1.29 is 8.42 Å². The summed E-state index contributed by atoms with van der Waals surface area (Å²) >= 11 is 0. The Labute approximate surface area is 107 Å². The van der Waals surface area contributed by atoms with Crippen LogP contribution in [0.3, 0.4) is 0 Å². The summed E-state index contributed by atoms with van der Waals surface area (Å²) in [4.78, 5) is 2.76. The van der Waals surface area contributed by atoms with E-state index in [1.165, 1.54) is 0 Å². The number of fused-ring (bicyclic) bond motifs is 3. The molecule has 0 atom stereocenters. The maximum atomic E-state index is 12.4. The van der Waals surface area contributed by atoms with Crippen molar-refractivity contribution in [3.8, 4) is 11.1 Å². The van der Waals surface area contributed by atoms with Crippen molar-refractivity contribution in [3.63, 3.8) is 0 Å². The Balaban J connectivity index is 2.48. The van der Waals surface area contributed by atoms with Gasteiger partial charge in [0.2, 0.25) is 9.84 Å². The van der Waals surface area contributed by atoms with Crippen molar-refractivity contribution in [2.75, 3.05) is 19.0 Å². The molecule has 18 heavy (non-hydrogen) atoms. The number of benzene rings is 2. The van der Waals surface area contributed by atoms with E-state index in [1.807, 2.05) is 37.2 Å². The first-order valence-electron chi connectivity index (χ1n) is 5.68. The Bertz CT molecular complexity index is 733. The van der Waals surface area contributed by atoms with Crippen LogP contribution in [-0.2, 0) is 9.84 Å². The molecule has 0 saturated carbocycles. The highest BCUT2D eigenvalue weighted by Crippen LogP contribution is 2.47. The first-order chi connectivity index (χ1) is 8.53. The van der Waals surface area contributed by atoms with E-state index in [9.17, 15) is 8.42 Å². The molecule has 2 aromatic rings. The zero-order valence-corrected chi connectivity index (χ0v) is 11.0. The van der Waals surface area contributed by atoms with Crippen LogP contribution in [0.2, 0.25) is 0 Å². The van der Waals surface area contributed by atoms with Crippen molar-refractivity contribution in [1.29, 1.82) is 0 Å². The minimum atomic E-state index is -3.35. The van der Waals surface area contributed by atoms with Crippen LogP contribution in [0.4, 0.5) is 5.69 Å². The van der Waals surface area contributed by atoms with E-state index in [0.29, 0.717) is 9.79 Å². The lowest BCUT2D eigenvalue weighted by molar-refractivity contribution is 0.598. The van der Waals surface area contributed by atoms with Crippen molar-refractivity contribution in [3.05, 3.63) is 42.5 Å². The number of sulfone groups is 1. The summed E-state index contributed by atoms with van der Waals surface area (Å²) < 4.78 is 24.9. The number of rotatable bonds is 1. The van der Waals surface area contributed by atoms with Gasteiger partial charge in [0.15, 0.2) is 0 Å². The van der Waals surface area contributed by atoms with Crippen LogP contribution < -0.4 is 4.90 Å². The van der Waals surface area contributed by atoms with Crippen LogP contribution in [0.1, 0.15) is 0 Å². The average Bonchev–Trinajstić information content (AvgIpc) is 2.59. The molecule has 3 nitrogen and oxygen atoms in total. The lowest BCUT2D eigenvalue weighted by Crippen LogP contribution is -2.10. The highest BCUT2D eigenvalue weighted by molar-refractivity contribution is 7.92. The molecule has 0 fully saturated rings.